The second kappa shape index (κ2) is 3.57. The van der Waals surface area contributed by atoms with E-state index in [0.29, 0.717) is 5.00 Å². The lowest BCUT2D eigenvalue weighted by Gasteiger charge is -1.91. The second-order valence-corrected chi connectivity index (χ2v) is 3.71. The van der Waals surface area contributed by atoms with Crippen LogP contribution in [0.1, 0.15) is 22.2 Å². The van der Waals surface area contributed by atoms with Crippen molar-refractivity contribution in [2.24, 2.45) is 5.73 Å². The first-order valence-corrected chi connectivity index (χ1v) is 4.60. The monoisotopic (exact) mass is 198 g/mol. The number of aryl methyl sites for hydroxylation is 1. The third kappa shape index (κ3) is 1.86. The second-order valence-electron chi connectivity index (χ2n) is 2.54. The summed E-state index contributed by atoms with van der Waals surface area (Å²) in [6, 6.07) is 1.62. The maximum Gasteiger partial charge on any atom is 0.289 e. The molecule has 70 valence electrons. The number of hydrogen-bond donors (Lipinski definition) is 2. The van der Waals surface area contributed by atoms with E-state index >= 15 is 0 Å². The molecular weight excluding hydrogens is 188 g/mol. The largest absolute Gasteiger partial charge is 0.390 e. The molecule has 1 aromatic rings. The fourth-order valence-electron chi connectivity index (χ4n) is 0.942. The van der Waals surface area contributed by atoms with E-state index in [0.717, 1.165) is 11.3 Å². The van der Waals surface area contributed by atoms with Gasteiger partial charge >= 0.3 is 0 Å². The number of carbonyl (C=O) groups is 2. The zero-order valence-corrected chi connectivity index (χ0v) is 7.98. The van der Waals surface area contributed by atoms with Crippen LogP contribution in [0.5, 0.6) is 0 Å². The van der Waals surface area contributed by atoms with E-state index in [9.17, 15) is 9.59 Å². The van der Waals surface area contributed by atoms with Gasteiger partial charge in [0.1, 0.15) is 0 Å². The summed E-state index contributed by atoms with van der Waals surface area (Å²) in [4.78, 5) is 22.7. The molecule has 13 heavy (non-hydrogen) atoms. The molecule has 0 fully saturated rings. The third-order valence-corrected chi connectivity index (χ3v) is 2.74. The van der Waals surface area contributed by atoms with Gasteiger partial charge in [-0.15, -0.1) is 11.3 Å². The van der Waals surface area contributed by atoms with Crippen molar-refractivity contribution < 1.29 is 9.59 Å². The number of Topliss-reactive ketones (excluding diaryl/α,β-unsaturated/α-hetero) is 1. The summed E-state index contributed by atoms with van der Waals surface area (Å²) in [5.41, 5.74) is 10.6. The number of nitrogens with two attached hydrogens (primary N) is 2. The molecular formula is C8H10N2O2S. The Balaban J connectivity index is 3.07. The number of hydrogen-bond acceptors (Lipinski definition) is 4. The third-order valence-electron chi connectivity index (χ3n) is 1.63. The lowest BCUT2D eigenvalue weighted by atomic mass is 10.2. The molecule has 1 heterocycles. The van der Waals surface area contributed by atoms with Crippen molar-refractivity contribution in [2.75, 3.05) is 5.73 Å². The van der Waals surface area contributed by atoms with Crippen LogP contribution >= 0.6 is 11.3 Å². The maximum atomic E-state index is 11.1. The van der Waals surface area contributed by atoms with E-state index in [1.165, 1.54) is 11.3 Å². The highest BCUT2D eigenvalue weighted by Gasteiger charge is 2.17. The van der Waals surface area contributed by atoms with Crippen LogP contribution in [0.25, 0.3) is 0 Å². The lowest BCUT2D eigenvalue weighted by molar-refractivity contribution is -0.114. The van der Waals surface area contributed by atoms with Gasteiger partial charge in [-0.3, -0.25) is 9.59 Å². The first kappa shape index (κ1) is 9.73. The Morgan fingerprint density at radius 3 is 2.54 bits per heavy atom. The van der Waals surface area contributed by atoms with Gasteiger partial charge in [0.25, 0.3) is 11.7 Å². The van der Waals surface area contributed by atoms with Gasteiger partial charge in [0.05, 0.1) is 10.6 Å². The summed E-state index contributed by atoms with van der Waals surface area (Å²) in [5.74, 6) is -1.68. The van der Waals surface area contributed by atoms with Gasteiger partial charge in [-0.05, 0) is 12.5 Å². The minimum absolute atomic E-state index is 0.231. The van der Waals surface area contributed by atoms with Crippen LogP contribution in [0.3, 0.4) is 0 Å². The fraction of sp³-hybridized carbons (Fsp3) is 0.250. The number of ketones is 1. The highest BCUT2D eigenvalue weighted by molar-refractivity contribution is 7.16. The van der Waals surface area contributed by atoms with Crippen LogP contribution < -0.4 is 11.5 Å². The highest BCUT2D eigenvalue weighted by atomic mass is 32.1. The molecule has 0 saturated heterocycles. The number of rotatable bonds is 3. The summed E-state index contributed by atoms with van der Waals surface area (Å²) in [6.45, 7) is 1.95. The molecule has 0 unspecified atom stereocenters. The van der Waals surface area contributed by atoms with Gasteiger partial charge in [-0.2, -0.15) is 0 Å². The van der Waals surface area contributed by atoms with Crippen LogP contribution in [0.2, 0.25) is 0 Å². The van der Waals surface area contributed by atoms with Crippen molar-refractivity contribution in [1.29, 1.82) is 0 Å². The quantitative estimate of drug-likeness (QED) is 0.549. The van der Waals surface area contributed by atoms with Crippen molar-refractivity contribution in [2.45, 2.75) is 13.3 Å². The minimum atomic E-state index is -0.966. The maximum absolute atomic E-state index is 11.1. The zero-order chi connectivity index (χ0) is 10.0. The van der Waals surface area contributed by atoms with Gasteiger partial charge in [0, 0.05) is 4.88 Å². The van der Waals surface area contributed by atoms with E-state index in [1.807, 2.05) is 6.92 Å². The first-order valence-electron chi connectivity index (χ1n) is 3.78. The number of amides is 1. The topological polar surface area (TPSA) is 86.2 Å². The Kier molecular flexibility index (Phi) is 2.67. The van der Waals surface area contributed by atoms with E-state index < -0.39 is 11.7 Å². The molecule has 0 aliphatic rings. The van der Waals surface area contributed by atoms with Gasteiger partial charge in [-0.1, -0.05) is 6.92 Å². The summed E-state index contributed by atoms with van der Waals surface area (Å²) in [6.07, 6.45) is 0.793. The molecule has 0 aliphatic carbocycles. The Labute approximate surface area is 79.5 Å². The van der Waals surface area contributed by atoms with Gasteiger partial charge in [0.15, 0.2) is 0 Å². The number of nitrogen functional groups attached to an aromatic ring is 1. The molecule has 0 aliphatic heterocycles. The predicted octanol–water partition coefficient (Wildman–Crippen LogP) is 0.561. The highest BCUT2D eigenvalue weighted by Crippen LogP contribution is 2.25. The zero-order valence-electron chi connectivity index (χ0n) is 7.16. The summed E-state index contributed by atoms with van der Waals surface area (Å²) in [5, 5.41) is 0.362. The summed E-state index contributed by atoms with van der Waals surface area (Å²) >= 11 is 1.31. The fourth-order valence-corrected chi connectivity index (χ4v) is 1.81. The van der Waals surface area contributed by atoms with Crippen LogP contribution in [-0.2, 0) is 11.2 Å². The molecule has 1 rings (SSSR count). The van der Waals surface area contributed by atoms with Gasteiger partial charge in [0.2, 0.25) is 0 Å². The molecule has 4 nitrogen and oxygen atoms in total. The molecule has 1 aromatic heterocycles. The molecule has 0 saturated carbocycles. The Morgan fingerprint density at radius 1 is 1.54 bits per heavy atom. The molecule has 5 heteroatoms. The predicted molar refractivity (Wildman–Crippen MR) is 51.6 cm³/mol. The summed E-state index contributed by atoms with van der Waals surface area (Å²) < 4.78 is 0. The van der Waals surface area contributed by atoms with E-state index in [1.54, 1.807) is 6.07 Å². The van der Waals surface area contributed by atoms with E-state index in [-0.39, 0.29) is 5.56 Å². The normalized spacial score (nSPS) is 9.92. The Bertz CT molecular complexity index is 357. The Morgan fingerprint density at radius 2 is 2.15 bits per heavy atom. The van der Waals surface area contributed by atoms with Crippen LogP contribution in [0, 0.1) is 0 Å². The first-order chi connectivity index (χ1) is 6.06. The molecule has 0 bridgehead atoms. The number of anilines is 1. The van der Waals surface area contributed by atoms with Gasteiger partial charge < -0.3 is 11.5 Å². The van der Waals surface area contributed by atoms with Crippen molar-refractivity contribution >= 4 is 28.0 Å². The lowest BCUT2D eigenvalue weighted by Crippen LogP contribution is -2.23. The molecule has 0 atom stereocenters. The molecule has 1 amide bonds. The van der Waals surface area contributed by atoms with Crippen molar-refractivity contribution in [3.8, 4) is 0 Å². The van der Waals surface area contributed by atoms with Crippen molar-refractivity contribution in [3.05, 3.63) is 16.5 Å². The van der Waals surface area contributed by atoms with Crippen LogP contribution in [0.15, 0.2) is 6.07 Å². The Hall–Kier alpha value is -1.36. The van der Waals surface area contributed by atoms with E-state index in [4.69, 9.17) is 11.5 Å². The molecule has 4 N–H and O–H groups in total. The van der Waals surface area contributed by atoms with Gasteiger partial charge in [-0.25, -0.2) is 0 Å². The van der Waals surface area contributed by atoms with Crippen molar-refractivity contribution in [3.63, 3.8) is 0 Å². The molecule has 0 spiro atoms. The SMILES string of the molecule is CCc1cc(C(=O)C(N)=O)c(N)s1. The van der Waals surface area contributed by atoms with Crippen LogP contribution in [0.4, 0.5) is 5.00 Å². The number of primary amides is 1. The average Bonchev–Trinajstić information content (AvgIpc) is 2.45. The standard InChI is InChI=1S/C8H10N2O2S/c1-2-4-3-5(8(10)13-4)6(11)7(9)12/h3H,2,10H2,1H3,(H2,9,12). The average molecular weight is 198 g/mol. The molecule has 0 radical (unpaired) electrons. The van der Waals surface area contributed by atoms with E-state index in [2.05, 4.69) is 0 Å². The number of thiophene rings is 1. The molecule has 0 aromatic carbocycles. The smallest absolute Gasteiger partial charge is 0.289 e. The summed E-state index contributed by atoms with van der Waals surface area (Å²) in [7, 11) is 0. The van der Waals surface area contributed by atoms with Crippen molar-refractivity contribution in [1.82, 2.24) is 0 Å². The minimum Gasteiger partial charge on any atom is -0.390 e. The van der Waals surface area contributed by atoms with Crippen LogP contribution in [-0.4, -0.2) is 11.7 Å². The number of carbonyl (C=O) groups excluding carboxylic acids is 2.